The molecule has 1 N–H and O–H groups in total. The highest BCUT2D eigenvalue weighted by Gasteiger charge is 2.46. The van der Waals surface area contributed by atoms with Crippen LogP contribution in [0.25, 0.3) is 0 Å². The molecule has 8 nitrogen and oxygen atoms in total. The Morgan fingerprint density at radius 2 is 1.70 bits per heavy atom. The fraction of sp³-hybridized carbons (Fsp3) is 0.455. The number of likely N-dealkylation sites (tertiary alicyclic amines) is 1. The summed E-state index contributed by atoms with van der Waals surface area (Å²) in [4.78, 5) is 49.6. The predicted molar refractivity (Wildman–Crippen MR) is 107 cm³/mol. The first-order valence-electron chi connectivity index (χ1n) is 10.0. The van der Waals surface area contributed by atoms with E-state index < -0.39 is 18.5 Å². The highest BCUT2D eigenvalue weighted by atomic mass is 16.5. The molecule has 0 aromatic heterocycles. The number of methoxy groups -OCH3 is 1. The molecular formula is C22H26N2O6. The highest BCUT2D eigenvalue weighted by Crippen LogP contribution is 2.34. The minimum absolute atomic E-state index is 0.0113. The average Bonchev–Trinajstić information content (AvgIpc) is 3.01. The number of nitrogens with one attached hydrogen (secondary N) is 1. The van der Waals surface area contributed by atoms with Crippen molar-refractivity contribution in [3.63, 3.8) is 0 Å². The Hall–Kier alpha value is -3.16. The van der Waals surface area contributed by atoms with Crippen LogP contribution in [0.5, 0.6) is 5.75 Å². The van der Waals surface area contributed by atoms with Crippen molar-refractivity contribution in [2.75, 3.05) is 26.8 Å². The SMILES string of the molecule is COc1ccc(CCNC(=O)COC(=O)CCN2C(=O)[C@H]3CC=CC[C@H]3C2=O)cc1. The second-order valence-corrected chi connectivity index (χ2v) is 7.34. The molecule has 0 radical (unpaired) electrons. The zero-order valence-electron chi connectivity index (χ0n) is 17.0. The summed E-state index contributed by atoms with van der Waals surface area (Å²) in [6, 6.07) is 7.52. The smallest absolute Gasteiger partial charge is 0.308 e. The van der Waals surface area contributed by atoms with Gasteiger partial charge >= 0.3 is 5.97 Å². The van der Waals surface area contributed by atoms with E-state index in [-0.39, 0.29) is 36.6 Å². The fourth-order valence-corrected chi connectivity index (χ4v) is 3.70. The van der Waals surface area contributed by atoms with Gasteiger partial charge in [-0.15, -0.1) is 0 Å². The largest absolute Gasteiger partial charge is 0.497 e. The maximum Gasteiger partial charge on any atom is 0.308 e. The van der Waals surface area contributed by atoms with E-state index in [9.17, 15) is 19.2 Å². The number of amides is 3. The van der Waals surface area contributed by atoms with Crippen molar-refractivity contribution >= 4 is 23.7 Å². The van der Waals surface area contributed by atoms with Crippen LogP contribution in [0.3, 0.4) is 0 Å². The van der Waals surface area contributed by atoms with Crippen LogP contribution in [0.15, 0.2) is 36.4 Å². The second-order valence-electron chi connectivity index (χ2n) is 7.34. The van der Waals surface area contributed by atoms with Gasteiger partial charge < -0.3 is 14.8 Å². The van der Waals surface area contributed by atoms with Gasteiger partial charge in [0.05, 0.1) is 25.4 Å². The molecule has 0 unspecified atom stereocenters. The second kappa shape index (κ2) is 10.0. The first-order valence-corrected chi connectivity index (χ1v) is 10.0. The summed E-state index contributed by atoms with van der Waals surface area (Å²) in [6.07, 6.45) is 5.47. The van der Waals surface area contributed by atoms with Gasteiger partial charge in [-0.2, -0.15) is 0 Å². The van der Waals surface area contributed by atoms with E-state index >= 15 is 0 Å². The lowest BCUT2D eigenvalue weighted by Gasteiger charge is -2.14. The van der Waals surface area contributed by atoms with Crippen LogP contribution in [0.2, 0.25) is 0 Å². The van der Waals surface area contributed by atoms with Gasteiger partial charge in [-0.1, -0.05) is 24.3 Å². The number of allylic oxidation sites excluding steroid dienone is 2. The van der Waals surface area contributed by atoms with Crippen molar-refractivity contribution in [3.05, 3.63) is 42.0 Å². The molecule has 160 valence electrons. The highest BCUT2D eigenvalue weighted by molar-refractivity contribution is 6.05. The lowest BCUT2D eigenvalue weighted by atomic mass is 9.85. The lowest BCUT2D eigenvalue weighted by molar-refractivity contribution is -0.149. The Labute approximate surface area is 175 Å². The molecule has 1 heterocycles. The van der Waals surface area contributed by atoms with Crippen molar-refractivity contribution in [2.24, 2.45) is 11.8 Å². The molecule has 3 amide bonds. The average molecular weight is 414 g/mol. The summed E-state index contributed by atoms with van der Waals surface area (Å²) in [5.41, 5.74) is 1.05. The molecule has 0 saturated carbocycles. The monoisotopic (exact) mass is 414 g/mol. The van der Waals surface area contributed by atoms with Crippen molar-refractivity contribution in [3.8, 4) is 5.75 Å². The molecule has 2 aliphatic rings. The van der Waals surface area contributed by atoms with Crippen molar-refractivity contribution in [2.45, 2.75) is 25.7 Å². The normalized spacial score (nSPS) is 20.1. The molecule has 1 aromatic rings. The van der Waals surface area contributed by atoms with Crippen molar-refractivity contribution < 1.29 is 28.7 Å². The Balaban J connectivity index is 1.33. The summed E-state index contributed by atoms with van der Waals surface area (Å²) < 4.78 is 10.1. The van der Waals surface area contributed by atoms with Crippen LogP contribution >= 0.6 is 0 Å². The molecule has 1 aliphatic heterocycles. The number of benzene rings is 1. The number of carbonyl (C=O) groups is 4. The van der Waals surface area contributed by atoms with Crippen LogP contribution in [0.1, 0.15) is 24.8 Å². The third kappa shape index (κ3) is 5.25. The van der Waals surface area contributed by atoms with Gasteiger partial charge in [0.2, 0.25) is 11.8 Å². The number of fused-ring (bicyclic) bond motifs is 1. The number of nitrogens with zero attached hydrogens (tertiary/aromatic N) is 1. The molecule has 30 heavy (non-hydrogen) atoms. The maximum absolute atomic E-state index is 12.3. The summed E-state index contributed by atoms with van der Waals surface area (Å²) in [7, 11) is 1.60. The first-order chi connectivity index (χ1) is 14.5. The third-order valence-electron chi connectivity index (χ3n) is 5.40. The van der Waals surface area contributed by atoms with Gasteiger partial charge in [-0.25, -0.2) is 0 Å². The standard InChI is InChI=1S/C22H26N2O6/c1-29-16-8-6-15(7-9-16)10-12-23-19(25)14-30-20(26)11-13-24-21(27)17-4-2-3-5-18(17)22(24)28/h2-3,6-9,17-18H,4-5,10-14H2,1H3,(H,23,25)/t17-,18+. The van der Waals surface area contributed by atoms with E-state index in [1.165, 1.54) is 0 Å². The molecule has 1 fully saturated rings. The van der Waals surface area contributed by atoms with E-state index in [2.05, 4.69) is 5.32 Å². The zero-order chi connectivity index (χ0) is 21.5. The molecule has 3 rings (SSSR count). The summed E-state index contributed by atoms with van der Waals surface area (Å²) in [5, 5.41) is 2.69. The number of imide groups is 1. The van der Waals surface area contributed by atoms with Gasteiger partial charge in [0.25, 0.3) is 5.91 Å². The minimum Gasteiger partial charge on any atom is -0.497 e. The fourth-order valence-electron chi connectivity index (χ4n) is 3.70. The van der Waals surface area contributed by atoms with Gasteiger partial charge in [-0.05, 0) is 37.0 Å². The van der Waals surface area contributed by atoms with E-state index in [1.807, 2.05) is 36.4 Å². The quantitative estimate of drug-likeness (QED) is 0.371. The van der Waals surface area contributed by atoms with Crippen molar-refractivity contribution in [1.29, 1.82) is 0 Å². The lowest BCUT2D eigenvalue weighted by Crippen LogP contribution is -2.34. The molecule has 8 heteroatoms. The number of hydrogen-bond acceptors (Lipinski definition) is 6. The molecule has 1 aliphatic carbocycles. The molecule has 1 aromatic carbocycles. The third-order valence-corrected chi connectivity index (χ3v) is 5.40. The van der Waals surface area contributed by atoms with Gasteiger partial charge in [0.15, 0.2) is 6.61 Å². The Morgan fingerprint density at radius 1 is 1.07 bits per heavy atom. The van der Waals surface area contributed by atoms with E-state index in [1.54, 1.807) is 7.11 Å². The predicted octanol–water partition coefficient (Wildman–Crippen LogP) is 1.24. The van der Waals surface area contributed by atoms with Crippen LogP contribution in [-0.2, 0) is 30.3 Å². The Bertz CT molecular complexity index is 807. The van der Waals surface area contributed by atoms with Gasteiger partial charge in [0, 0.05) is 13.1 Å². The van der Waals surface area contributed by atoms with Crippen LogP contribution < -0.4 is 10.1 Å². The topological polar surface area (TPSA) is 102 Å². The zero-order valence-corrected chi connectivity index (χ0v) is 17.0. The minimum atomic E-state index is -0.617. The number of rotatable bonds is 9. The number of ether oxygens (including phenoxy) is 2. The van der Waals surface area contributed by atoms with E-state index in [0.717, 1.165) is 16.2 Å². The molecule has 0 bridgehead atoms. The van der Waals surface area contributed by atoms with E-state index in [4.69, 9.17) is 9.47 Å². The van der Waals surface area contributed by atoms with E-state index in [0.29, 0.717) is 25.8 Å². The summed E-state index contributed by atoms with van der Waals surface area (Å²) >= 11 is 0. The molecule has 2 atom stereocenters. The summed E-state index contributed by atoms with van der Waals surface area (Å²) in [6.45, 7) is 0.0113. The molecule has 1 saturated heterocycles. The molecule has 0 spiro atoms. The number of esters is 1. The van der Waals surface area contributed by atoms with Crippen LogP contribution in [0.4, 0.5) is 0 Å². The Morgan fingerprint density at radius 3 is 2.30 bits per heavy atom. The Kier molecular flexibility index (Phi) is 7.21. The first kappa shape index (κ1) is 21.5. The summed E-state index contributed by atoms with van der Waals surface area (Å²) in [5.74, 6) is -1.32. The van der Waals surface area contributed by atoms with Crippen LogP contribution in [0, 0.1) is 11.8 Å². The van der Waals surface area contributed by atoms with Gasteiger partial charge in [-0.3, -0.25) is 24.1 Å². The van der Waals surface area contributed by atoms with Gasteiger partial charge in [0.1, 0.15) is 5.75 Å². The molecular weight excluding hydrogens is 388 g/mol. The maximum atomic E-state index is 12.3. The number of carbonyl (C=O) groups excluding carboxylic acids is 4. The number of hydrogen-bond donors (Lipinski definition) is 1. The van der Waals surface area contributed by atoms with Crippen molar-refractivity contribution in [1.82, 2.24) is 10.2 Å². The van der Waals surface area contributed by atoms with Crippen LogP contribution in [-0.4, -0.2) is 55.4 Å².